The molecule has 5 rings (SSSR count). The summed E-state index contributed by atoms with van der Waals surface area (Å²) < 4.78 is 5.86. The van der Waals surface area contributed by atoms with E-state index in [0.717, 1.165) is 11.3 Å². The number of aromatic nitrogens is 1. The summed E-state index contributed by atoms with van der Waals surface area (Å²) >= 11 is 0. The van der Waals surface area contributed by atoms with E-state index >= 15 is 0 Å². The Morgan fingerprint density at radius 3 is 2.58 bits per heavy atom. The molecule has 1 unspecified atom stereocenters. The zero-order valence-corrected chi connectivity index (χ0v) is 18.2. The molecule has 0 saturated heterocycles. The predicted octanol–water partition coefficient (Wildman–Crippen LogP) is 3.45. The molecule has 2 aliphatic heterocycles. The molecular formula is C25H22N4O4. The second-order valence-corrected chi connectivity index (χ2v) is 8.18. The Morgan fingerprint density at radius 1 is 1.03 bits per heavy atom. The Balaban J connectivity index is 1.44. The summed E-state index contributed by atoms with van der Waals surface area (Å²) in [6.07, 6.45) is 1.56. The number of nitrogens with one attached hydrogen (secondary N) is 1. The van der Waals surface area contributed by atoms with Crippen LogP contribution in [-0.4, -0.2) is 35.3 Å². The van der Waals surface area contributed by atoms with E-state index in [1.807, 2.05) is 38.1 Å². The summed E-state index contributed by atoms with van der Waals surface area (Å²) in [6.45, 7) is 3.56. The van der Waals surface area contributed by atoms with E-state index in [2.05, 4.69) is 10.3 Å². The molecule has 1 atom stereocenters. The molecule has 0 spiro atoms. The van der Waals surface area contributed by atoms with Crippen molar-refractivity contribution in [2.45, 2.75) is 25.9 Å². The second kappa shape index (κ2) is 8.05. The Bertz CT molecular complexity index is 1270. The van der Waals surface area contributed by atoms with Gasteiger partial charge in [0.05, 0.1) is 5.56 Å². The first kappa shape index (κ1) is 20.7. The minimum Gasteiger partial charge on any atom is -0.436 e. The van der Waals surface area contributed by atoms with Gasteiger partial charge in [-0.25, -0.2) is 4.98 Å². The van der Waals surface area contributed by atoms with Crippen molar-refractivity contribution in [2.75, 3.05) is 16.3 Å². The maximum Gasteiger partial charge on any atom is 0.262 e. The van der Waals surface area contributed by atoms with Gasteiger partial charge in [-0.1, -0.05) is 30.3 Å². The number of pyridine rings is 1. The molecule has 0 aliphatic carbocycles. The fourth-order valence-corrected chi connectivity index (χ4v) is 4.28. The Labute approximate surface area is 190 Å². The van der Waals surface area contributed by atoms with Crippen LogP contribution in [-0.2, 0) is 9.59 Å². The fourth-order valence-electron chi connectivity index (χ4n) is 4.28. The van der Waals surface area contributed by atoms with Crippen molar-refractivity contribution in [1.82, 2.24) is 10.3 Å². The van der Waals surface area contributed by atoms with Crippen molar-refractivity contribution in [2.24, 2.45) is 0 Å². The van der Waals surface area contributed by atoms with Gasteiger partial charge in [-0.15, -0.1) is 0 Å². The molecule has 2 aliphatic rings. The van der Waals surface area contributed by atoms with E-state index in [-0.39, 0.29) is 30.3 Å². The third-order valence-electron chi connectivity index (χ3n) is 5.73. The van der Waals surface area contributed by atoms with Gasteiger partial charge in [-0.05, 0) is 44.2 Å². The first-order chi connectivity index (χ1) is 16.0. The summed E-state index contributed by atoms with van der Waals surface area (Å²) in [6, 6.07) is 16.7. The molecule has 166 valence electrons. The lowest BCUT2D eigenvalue weighted by molar-refractivity contribution is -0.126. The average Bonchev–Trinajstić information content (AvgIpc) is 3.02. The highest BCUT2D eigenvalue weighted by Crippen LogP contribution is 2.38. The zero-order chi connectivity index (χ0) is 23.1. The summed E-state index contributed by atoms with van der Waals surface area (Å²) in [7, 11) is 0. The van der Waals surface area contributed by atoms with Crippen molar-refractivity contribution in [3.63, 3.8) is 0 Å². The fraction of sp³-hybridized carbons (Fsp3) is 0.200. The monoisotopic (exact) mass is 442 g/mol. The van der Waals surface area contributed by atoms with Crippen LogP contribution in [0.25, 0.3) is 0 Å². The first-order valence-corrected chi connectivity index (χ1v) is 10.7. The van der Waals surface area contributed by atoms with E-state index in [4.69, 9.17) is 4.74 Å². The summed E-state index contributed by atoms with van der Waals surface area (Å²) in [5, 5.41) is 2.83. The molecule has 1 N–H and O–H groups in total. The van der Waals surface area contributed by atoms with Crippen LogP contribution in [0, 0.1) is 0 Å². The number of carbonyl (C=O) groups is 3. The van der Waals surface area contributed by atoms with E-state index in [9.17, 15) is 14.4 Å². The van der Waals surface area contributed by atoms with Gasteiger partial charge in [0, 0.05) is 23.5 Å². The number of nitrogens with zero attached hydrogens (tertiary/aromatic N) is 3. The number of benzene rings is 2. The zero-order valence-electron chi connectivity index (χ0n) is 18.2. The third kappa shape index (κ3) is 3.49. The van der Waals surface area contributed by atoms with Gasteiger partial charge in [0.15, 0.2) is 0 Å². The van der Waals surface area contributed by atoms with Crippen LogP contribution in [0.4, 0.5) is 11.4 Å². The van der Waals surface area contributed by atoms with E-state index in [0.29, 0.717) is 17.0 Å². The molecule has 3 heterocycles. The molecule has 0 fully saturated rings. The minimum absolute atomic E-state index is 0.0562. The van der Waals surface area contributed by atoms with Gasteiger partial charge in [0.25, 0.3) is 11.8 Å². The van der Waals surface area contributed by atoms with Crippen molar-refractivity contribution in [1.29, 1.82) is 0 Å². The average molecular weight is 442 g/mol. The van der Waals surface area contributed by atoms with Crippen LogP contribution in [0.5, 0.6) is 11.6 Å². The van der Waals surface area contributed by atoms with Crippen molar-refractivity contribution in [3.05, 3.63) is 78.0 Å². The van der Waals surface area contributed by atoms with E-state index in [1.54, 1.807) is 47.5 Å². The molecule has 33 heavy (non-hydrogen) atoms. The lowest BCUT2D eigenvalue weighted by Crippen LogP contribution is -2.45. The Hall–Kier alpha value is -4.20. The number of para-hydroxylation sites is 2. The van der Waals surface area contributed by atoms with Crippen molar-refractivity contribution in [3.8, 4) is 11.6 Å². The quantitative estimate of drug-likeness (QED) is 0.668. The highest BCUT2D eigenvalue weighted by molar-refractivity contribution is 6.12. The van der Waals surface area contributed by atoms with Crippen LogP contribution in [0.1, 0.15) is 35.8 Å². The Kier molecular flexibility index (Phi) is 5.05. The van der Waals surface area contributed by atoms with Crippen molar-refractivity contribution < 1.29 is 19.1 Å². The molecule has 0 saturated carbocycles. The first-order valence-electron chi connectivity index (χ1n) is 10.7. The maximum atomic E-state index is 13.3. The predicted molar refractivity (Wildman–Crippen MR) is 122 cm³/mol. The summed E-state index contributed by atoms with van der Waals surface area (Å²) in [4.78, 5) is 46.8. The SMILES string of the molecule is CC(C)N1C(=O)C(NC(=O)CN2C(=O)c3ccccc3Oc3ncccc32)c2ccccc21. The van der Waals surface area contributed by atoms with Crippen molar-refractivity contribution >= 4 is 29.1 Å². The summed E-state index contributed by atoms with van der Waals surface area (Å²) in [5.74, 6) is -0.432. The van der Waals surface area contributed by atoms with Gasteiger partial charge in [0.2, 0.25) is 11.8 Å². The number of anilines is 2. The molecule has 0 radical (unpaired) electrons. The van der Waals surface area contributed by atoms with Gasteiger partial charge in [-0.2, -0.15) is 0 Å². The normalized spacial score (nSPS) is 16.6. The topological polar surface area (TPSA) is 91.8 Å². The lowest BCUT2D eigenvalue weighted by atomic mass is 10.1. The molecule has 8 nitrogen and oxygen atoms in total. The molecule has 0 bridgehead atoms. The van der Waals surface area contributed by atoms with Crippen LogP contribution in [0.15, 0.2) is 66.9 Å². The number of rotatable bonds is 4. The summed E-state index contributed by atoms with van der Waals surface area (Å²) in [5.41, 5.74) is 2.24. The lowest BCUT2D eigenvalue weighted by Gasteiger charge is -2.23. The molecule has 3 amide bonds. The standard InChI is InChI=1S/C25H22N4O4/c1-15(2)29-18-10-5-3-8-16(18)22(25(29)32)27-21(30)14-28-19-11-7-13-26-23(19)33-20-12-6-4-9-17(20)24(28)31/h3-13,15,22H,14H2,1-2H3,(H,27,30). The van der Waals surface area contributed by atoms with E-state index in [1.165, 1.54) is 4.90 Å². The number of ether oxygens (including phenoxy) is 1. The number of fused-ring (bicyclic) bond motifs is 3. The van der Waals surface area contributed by atoms with Crippen LogP contribution >= 0.6 is 0 Å². The van der Waals surface area contributed by atoms with Crippen LogP contribution < -0.4 is 19.9 Å². The van der Waals surface area contributed by atoms with Crippen LogP contribution in [0.3, 0.4) is 0 Å². The van der Waals surface area contributed by atoms with Crippen LogP contribution in [0.2, 0.25) is 0 Å². The second-order valence-electron chi connectivity index (χ2n) is 8.18. The highest BCUT2D eigenvalue weighted by Gasteiger charge is 2.40. The largest absolute Gasteiger partial charge is 0.436 e. The number of hydrogen-bond donors (Lipinski definition) is 1. The van der Waals surface area contributed by atoms with Gasteiger partial charge >= 0.3 is 0 Å². The number of carbonyl (C=O) groups excluding carboxylic acids is 3. The maximum absolute atomic E-state index is 13.3. The highest BCUT2D eigenvalue weighted by atomic mass is 16.5. The van der Waals surface area contributed by atoms with Gasteiger partial charge in [0.1, 0.15) is 24.0 Å². The third-order valence-corrected chi connectivity index (χ3v) is 5.73. The molecular weight excluding hydrogens is 420 g/mol. The minimum atomic E-state index is -0.810. The molecule has 8 heteroatoms. The van der Waals surface area contributed by atoms with Gasteiger partial charge in [-0.3, -0.25) is 19.3 Å². The Morgan fingerprint density at radius 2 is 1.76 bits per heavy atom. The molecule has 3 aromatic rings. The molecule has 1 aromatic heterocycles. The number of amides is 3. The number of hydrogen-bond acceptors (Lipinski definition) is 5. The smallest absolute Gasteiger partial charge is 0.262 e. The van der Waals surface area contributed by atoms with Gasteiger partial charge < -0.3 is 15.0 Å². The molecule has 2 aromatic carbocycles. The van der Waals surface area contributed by atoms with E-state index < -0.39 is 11.9 Å².